The molecule has 3 atom stereocenters. The van der Waals surface area contributed by atoms with Crippen LogP contribution in [0.1, 0.15) is 18.2 Å². The van der Waals surface area contributed by atoms with E-state index in [0.717, 1.165) is 0 Å². The molecule has 0 amide bonds. The highest BCUT2D eigenvalue weighted by molar-refractivity contribution is 14.1. The van der Waals surface area contributed by atoms with Crippen LogP contribution in [0, 0.1) is 0 Å². The maximum absolute atomic E-state index is 11.8. The summed E-state index contributed by atoms with van der Waals surface area (Å²) in [5.74, 6) is 0.145. The summed E-state index contributed by atoms with van der Waals surface area (Å²) in [5, 5.41) is 18.7. The third-order valence-corrected chi connectivity index (χ3v) is 3.31. The molecule has 1 aliphatic rings. The van der Waals surface area contributed by atoms with Gasteiger partial charge in [0.2, 0.25) is 0 Å². The fraction of sp³-hybridized carbons (Fsp3) is 0.455. The topological polar surface area (TPSA) is 111 Å². The van der Waals surface area contributed by atoms with Crippen LogP contribution in [-0.4, -0.2) is 38.6 Å². The van der Waals surface area contributed by atoms with Gasteiger partial charge >= 0.3 is 5.69 Å². The lowest BCUT2D eigenvalue weighted by Gasteiger charge is -2.15. The molecule has 4 N–H and O–H groups in total. The third-order valence-electron chi connectivity index (χ3n) is 2.95. The second-order valence-electron chi connectivity index (χ2n) is 4.18. The Morgan fingerprint density at radius 2 is 2.42 bits per heavy atom. The van der Waals surface area contributed by atoms with Crippen molar-refractivity contribution in [2.24, 2.45) is 0 Å². The van der Waals surface area contributed by atoms with Crippen molar-refractivity contribution >= 4 is 34.5 Å². The molecule has 1 aliphatic heterocycles. The third kappa shape index (κ3) is 2.96. The van der Waals surface area contributed by atoms with E-state index in [4.69, 9.17) is 15.6 Å². The number of rotatable bonds is 3. The molecule has 2 heterocycles. The Bertz CT molecular complexity index is 545. The van der Waals surface area contributed by atoms with Crippen LogP contribution in [0.15, 0.2) is 15.1 Å². The second kappa shape index (κ2) is 5.99. The number of aliphatic hydroxyl groups excluding tert-OH is 2. The zero-order valence-corrected chi connectivity index (χ0v) is 12.1. The van der Waals surface area contributed by atoms with Gasteiger partial charge in [-0.3, -0.25) is 4.57 Å². The van der Waals surface area contributed by atoms with Gasteiger partial charge in [-0.05, 0) is 10.2 Å². The molecule has 0 radical (unpaired) electrons. The molecular formula is C11H14IN3O4. The number of ether oxygens (including phenoxy) is 1. The predicted molar refractivity (Wildman–Crippen MR) is 77.6 cm³/mol. The van der Waals surface area contributed by atoms with Crippen LogP contribution in [0.3, 0.4) is 0 Å². The molecule has 0 saturated carbocycles. The number of aliphatic hydroxyl groups is 2. The first-order chi connectivity index (χ1) is 9.06. The minimum Gasteiger partial charge on any atom is -0.394 e. The van der Waals surface area contributed by atoms with Crippen LogP contribution in [0.2, 0.25) is 0 Å². The summed E-state index contributed by atoms with van der Waals surface area (Å²) in [6.45, 7) is -0.296. The van der Waals surface area contributed by atoms with Crippen molar-refractivity contribution in [3.05, 3.63) is 26.3 Å². The van der Waals surface area contributed by atoms with Crippen molar-refractivity contribution in [2.45, 2.75) is 24.9 Å². The van der Waals surface area contributed by atoms with E-state index in [-0.39, 0.29) is 18.8 Å². The highest BCUT2D eigenvalue weighted by Crippen LogP contribution is 2.27. The van der Waals surface area contributed by atoms with Gasteiger partial charge in [-0.2, -0.15) is 4.98 Å². The van der Waals surface area contributed by atoms with Gasteiger partial charge in [-0.15, -0.1) is 0 Å². The molecular weight excluding hydrogens is 365 g/mol. The van der Waals surface area contributed by atoms with E-state index in [9.17, 15) is 9.90 Å². The molecule has 0 bridgehead atoms. The minimum atomic E-state index is -0.803. The lowest BCUT2D eigenvalue weighted by molar-refractivity contribution is -0.0458. The SMILES string of the molecule is Nc1nc(=O)n([C@H]2C[C@@H](O)[C@H](CO)O2)cc1C=CI. The minimum absolute atomic E-state index is 0.145. The second-order valence-corrected chi connectivity index (χ2v) is 4.90. The smallest absolute Gasteiger partial charge is 0.351 e. The molecule has 0 aliphatic carbocycles. The van der Waals surface area contributed by atoms with Crippen molar-refractivity contribution in [3.63, 3.8) is 0 Å². The fourth-order valence-corrected chi connectivity index (χ4v) is 2.34. The van der Waals surface area contributed by atoms with Crippen molar-refractivity contribution in [3.8, 4) is 0 Å². The van der Waals surface area contributed by atoms with Gasteiger partial charge in [0.05, 0.1) is 12.7 Å². The number of nitrogens with two attached hydrogens (primary N) is 1. The normalized spacial score (nSPS) is 27.2. The molecule has 0 aromatic carbocycles. The molecule has 19 heavy (non-hydrogen) atoms. The first kappa shape index (κ1) is 14.4. The Kier molecular flexibility index (Phi) is 4.55. The summed E-state index contributed by atoms with van der Waals surface area (Å²) >= 11 is 2.03. The number of nitrogens with zero attached hydrogens (tertiary/aromatic N) is 2. The molecule has 2 rings (SSSR count). The van der Waals surface area contributed by atoms with Gasteiger partial charge in [0, 0.05) is 18.2 Å². The fourth-order valence-electron chi connectivity index (χ4n) is 1.95. The van der Waals surface area contributed by atoms with Gasteiger partial charge in [-0.25, -0.2) is 4.79 Å². The van der Waals surface area contributed by atoms with Gasteiger partial charge in [-0.1, -0.05) is 22.6 Å². The number of anilines is 1. The molecule has 7 nitrogen and oxygen atoms in total. The number of hydrogen-bond donors (Lipinski definition) is 3. The van der Waals surface area contributed by atoms with Gasteiger partial charge in [0.25, 0.3) is 0 Å². The van der Waals surface area contributed by atoms with Gasteiger partial charge in [0.1, 0.15) is 18.1 Å². The van der Waals surface area contributed by atoms with Crippen molar-refractivity contribution in [2.75, 3.05) is 12.3 Å². The lowest BCUT2D eigenvalue weighted by Crippen LogP contribution is -2.28. The van der Waals surface area contributed by atoms with Crippen LogP contribution < -0.4 is 11.4 Å². The van der Waals surface area contributed by atoms with E-state index >= 15 is 0 Å². The summed E-state index contributed by atoms with van der Waals surface area (Å²) in [5.41, 5.74) is 5.70. The Morgan fingerprint density at radius 1 is 1.68 bits per heavy atom. The number of halogens is 1. The van der Waals surface area contributed by atoms with Crippen LogP contribution >= 0.6 is 22.6 Å². The van der Waals surface area contributed by atoms with Crippen LogP contribution in [0.25, 0.3) is 6.08 Å². The zero-order chi connectivity index (χ0) is 14.0. The molecule has 1 fully saturated rings. The Balaban J connectivity index is 2.35. The van der Waals surface area contributed by atoms with E-state index in [1.165, 1.54) is 10.8 Å². The quantitative estimate of drug-likeness (QED) is 0.632. The Labute approximate surface area is 122 Å². The number of hydrogen-bond acceptors (Lipinski definition) is 6. The molecule has 1 saturated heterocycles. The summed E-state index contributed by atoms with van der Waals surface area (Å²) in [4.78, 5) is 15.5. The van der Waals surface area contributed by atoms with E-state index in [1.807, 2.05) is 22.6 Å². The van der Waals surface area contributed by atoms with E-state index in [0.29, 0.717) is 5.56 Å². The zero-order valence-electron chi connectivity index (χ0n) is 9.94. The maximum atomic E-state index is 11.8. The van der Waals surface area contributed by atoms with E-state index in [1.54, 1.807) is 10.2 Å². The van der Waals surface area contributed by atoms with Gasteiger partial charge < -0.3 is 20.7 Å². The van der Waals surface area contributed by atoms with E-state index < -0.39 is 24.1 Å². The molecule has 0 spiro atoms. The van der Waals surface area contributed by atoms with Gasteiger partial charge in [0.15, 0.2) is 0 Å². The van der Waals surface area contributed by atoms with Crippen LogP contribution in [0.4, 0.5) is 5.82 Å². The average molecular weight is 379 g/mol. The lowest BCUT2D eigenvalue weighted by atomic mass is 10.2. The molecule has 104 valence electrons. The molecule has 1 aromatic rings. The molecule has 0 unspecified atom stereocenters. The van der Waals surface area contributed by atoms with Crippen LogP contribution in [-0.2, 0) is 4.74 Å². The summed E-state index contributed by atoms with van der Waals surface area (Å²) in [6.07, 6.45) is 1.35. The predicted octanol–water partition coefficient (Wildman–Crippen LogP) is -0.128. The highest BCUT2D eigenvalue weighted by atomic mass is 127. The molecule has 1 aromatic heterocycles. The number of nitrogen functional groups attached to an aromatic ring is 1. The monoisotopic (exact) mass is 379 g/mol. The standard InChI is InChI=1S/C11H14IN3O4/c12-2-1-6-4-15(11(18)14-10(6)13)9-3-7(17)8(5-16)19-9/h1-2,4,7-9,16-17H,3,5H2,(H2,13,14,18)/t7-,8+,9-/m1/s1. The maximum Gasteiger partial charge on any atom is 0.351 e. The van der Waals surface area contributed by atoms with Crippen molar-refractivity contribution in [1.82, 2.24) is 9.55 Å². The van der Waals surface area contributed by atoms with Crippen molar-refractivity contribution < 1.29 is 14.9 Å². The Morgan fingerprint density at radius 3 is 3.00 bits per heavy atom. The summed E-state index contributed by atoms with van der Waals surface area (Å²) in [7, 11) is 0. The number of aromatic nitrogens is 2. The molecule has 8 heteroatoms. The largest absolute Gasteiger partial charge is 0.394 e. The summed E-state index contributed by atoms with van der Waals surface area (Å²) < 4.78 is 8.45. The first-order valence-electron chi connectivity index (χ1n) is 5.66. The highest BCUT2D eigenvalue weighted by Gasteiger charge is 2.35. The van der Waals surface area contributed by atoms with Crippen molar-refractivity contribution in [1.29, 1.82) is 0 Å². The van der Waals surface area contributed by atoms with E-state index in [2.05, 4.69) is 4.98 Å². The first-order valence-corrected chi connectivity index (χ1v) is 6.91. The summed E-state index contributed by atoms with van der Waals surface area (Å²) in [6, 6.07) is 0. The van der Waals surface area contributed by atoms with Crippen LogP contribution in [0.5, 0.6) is 0 Å². The Hall–Kier alpha value is -0.970. The average Bonchev–Trinajstić information content (AvgIpc) is 2.74.